The van der Waals surface area contributed by atoms with Gasteiger partial charge in [0, 0.05) is 78.0 Å². The van der Waals surface area contributed by atoms with Crippen LogP contribution in [0.3, 0.4) is 0 Å². The standard InChI is InChI=1S/C18H41N5/c1-17(2)16-22-14-12-21(13-15-22)9-7-20-8-11-23(18(3)4)10-6-19-5/h17-20H,6-16H2,1-5H3. The van der Waals surface area contributed by atoms with Gasteiger partial charge in [0.2, 0.25) is 0 Å². The molecule has 0 bridgehead atoms. The molecule has 5 nitrogen and oxygen atoms in total. The fourth-order valence-corrected chi connectivity index (χ4v) is 3.18. The van der Waals surface area contributed by atoms with Crippen molar-refractivity contribution >= 4 is 0 Å². The molecule has 1 aliphatic rings. The van der Waals surface area contributed by atoms with Crippen LogP contribution in [0.2, 0.25) is 0 Å². The van der Waals surface area contributed by atoms with Gasteiger partial charge in [-0.3, -0.25) is 9.80 Å². The number of hydrogen-bond acceptors (Lipinski definition) is 5. The molecule has 5 heteroatoms. The second-order valence-electron chi connectivity index (χ2n) is 7.52. The predicted octanol–water partition coefficient (Wildman–Crippen LogP) is 0.779. The van der Waals surface area contributed by atoms with E-state index in [1.54, 1.807) is 0 Å². The third kappa shape index (κ3) is 9.62. The van der Waals surface area contributed by atoms with Crippen molar-refractivity contribution in [3.05, 3.63) is 0 Å². The van der Waals surface area contributed by atoms with E-state index in [2.05, 4.69) is 53.0 Å². The molecule has 1 fully saturated rings. The second kappa shape index (κ2) is 12.2. The number of hydrogen-bond donors (Lipinski definition) is 2. The van der Waals surface area contributed by atoms with Gasteiger partial charge in [-0.25, -0.2) is 0 Å². The summed E-state index contributed by atoms with van der Waals surface area (Å²) in [5.41, 5.74) is 0. The summed E-state index contributed by atoms with van der Waals surface area (Å²) in [7, 11) is 2.03. The lowest BCUT2D eigenvalue weighted by Gasteiger charge is -2.35. The molecular formula is C18H41N5. The summed E-state index contributed by atoms with van der Waals surface area (Å²) in [5, 5.41) is 6.86. The van der Waals surface area contributed by atoms with Gasteiger partial charge >= 0.3 is 0 Å². The van der Waals surface area contributed by atoms with Crippen LogP contribution in [0.4, 0.5) is 0 Å². The van der Waals surface area contributed by atoms with Gasteiger partial charge in [-0.1, -0.05) is 13.8 Å². The molecule has 0 saturated carbocycles. The molecule has 0 aromatic heterocycles. The van der Waals surface area contributed by atoms with E-state index in [1.807, 2.05) is 7.05 Å². The van der Waals surface area contributed by atoms with Crippen LogP contribution in [0.1, 0.15) is 27.7 Å². The molecule has 138 valence electrons. The number of likely N-dealkylation sites (N-methyl/N-ethyl adjacent to an activating group) is 1. The minimum Gasteiger partial charge on any atom is -0.318 e. The van der Waals surface area contributed by atoms with E-state index in [1.165, 1.54) is 39.3 Å². The number of piperazine rings is 1. The van der Waals surface area contributed by atoms with Gasteiger partial charge in [0.05, 0.1) is 0 Å². The van der Waals surface area contributed by atoms with Crippen LogP contribution in [0, 0.1) is 5.92 Å². The van der Waals surface area contributed by atoms with Crippen LogP contribution < -0.4 is 10.6 Å². The van der Waals surface area contributed by atoms with Crippen molar-refractivity contribution in [2.75, 3.05) is 79.0 Å². The third-order valence-corrected chi connectivity index (χ3v) is 4.65. The lowest BCUT2D eigenvalue weighted by molar-refractivity contribution is 0.122. The molecule has 1 heterocycles. The summed E-state index contributed by atoms with van der Waals surface area (Å²) in [6, 6.07) is 0.624. The quantitative estimate of drug-likeness (QED) is 0.518. The molecule has 0 aromatic carbocycles. The fourth-order valence-electron chi connectivity index (χ4n) is 3.18. The Balaban J connectivity index is 2.04. The van der Waals surface area contributed by atoms with E-state index in [9.17, 15) is 0 Å². The van der Waals surface area contributed by atoms with Crippen LogP contribution in [-0.2, 0) is 0 Å². The molecule has 0 unspecified atom stereocenters. The summed E-state index contributed by atoms with van der Waals surface area (Å²) in [4.78, 5) is 7.75. The van der Waals surface area contributed by atoms with E-state index in [-0.39, 0.29) is 0 Å². The zero-order valence-electron chi connectivity index (χ0n) is 16.3. The first kappa shape index (κ1) is 20.8. The summed E-state index contributed by atoms with van der Waals surface area (Å²) in [6.45, 7) is 22.1. The Labute approximate surface area is 144 Å². The predicted molar refractivity (Wildman–Crippen MR) is 101 cm³/mol. The van der Waals surface area contributed by atoms with Crippen LogP contribution in [0.5, 0.6) is 0 Å². The Morgan fingerprint density at radius 3 is 2.04 bits per heavy atom. The molecule has 1 aliphatic heterocycles. The van der Waals surface area contributed by atoms with Crippen LogP contribution >= 0.6 is 0 Å². The SMILES string of the molecule is CNCCN(CCNCCN1CCN(CC(C)C)CC1)C(C)C. The number of nitrogens with one attached hydrogen (secondary N) is 2. The van der Waals surface area contributed by atoms with Crippen molar-refractivity contribution in [3.8, 4) is 0 Å². The molecule has 0 radical (unpaired) electrons. The zero-order valence-corrected chi connectivity index (χ0v) is 16.3. The summed E-state index contributed by atoms with van der Waals surface area (Å²) in [5.74, 6) is 0.787. The lowest BCUT2D eigenvalue weighted by atomic mass is 10.2. The Morgan fingerprint density at radius 2 is 1.48 bits per heavy atom. The Hall–Kier alpha value is -0.200. The average molecular weight is 328 g/mol. The molecular weight excluding hydrogens is 286 g/mol. The molecule has 0 atom stereocenters. The monoisotopic (exact) mass is 327 g/mol. The second-order valence-corrected chi connectivity index (χ2v) is 7.52. The maximum atomic E-state index is 3.62. The highest BCUT2D eigenvalue weighted by Crippen LogP contribution is 2.04. The number of nitrogens with zero attached hydrogens (tertiary/aromatic N) is 3. The molecule has 0 aliphatic carbocycles. The van der Waals surface area contributed by atoms with E-state index >= 15 is 0 Å². The molecule has 0 amide bonds. The van der Waals surface area contributed by atoms with E-state index in [0.29, 0.717) is 6.04 Å². The van der Waals surface area contributed by atoms with Gasteiger partial charge in [0.25, 0.3) is 0 Å². The molecule has 0 aromatic rings. The minimum absolute atomic E-state index is 0.624. The van der Waals surface area contributed by atoms with E-state index < -0.39 is 0 Å². The minimum atomic E-state index is 0.624. The zero-order chi connectivity index (χ0) is 17.1. The van der Waals surface area contributed by atoms with Gasteiger partial charge < -0.3 is 15.5 Å². The van der Waals surface area contributed by atoms with Crippen molar-refractivity contribution in [2.45, 2.75) is 33.7 Å². The van der Waals surface area contributed by atoms with E-state index in [4.69, 9.17) is 0 Å². The summed E-state index contributed by atoms with van der Waals surface area (Å²) < 4.78 is 0. The highest BCUT2D eigenvalue weighted by atomic mass is 15.3. The molecule has 23 heavy (non-hydrogen) atoms. The third-order valence-electron chi connectivity index (χ3n) is 4.65. The lowest BCUT2D eigenvalue weighted by Crippen LogP contribution is -2.49. The van der Waals surface area contributed by atoms with Crippen molar-refractivity contribution < 1.29 is 0 Å². The van der Waals surface area contributed by atoms with Crippen molar-refractivity contribution in [1.29, 1.82) is 0 Å². The summed E-state index contributed by atoms with van der Waals surface area (Å²) in [6.07, 6.45) is 0. The van der Waals surface area contributed by atoms with Gasteiger partial charge in [0.15, 0.2) is 0 Å². The Bertz CT molecular complexity index is 275. The largest absolute Gasteiger partial charge is 0.318 e. The molecule has 0 spiro atoms. The van der Waals surface area contributed by atoms with Crippen LogP contribution in [0.15, 0.2) is 0 Å². The van der Waals surface area contributed by atoms with Crippen molar-refractivity contribution in [2.24, 2.45) is 5.92 Å². The maximum Gasteiger partial charge on any atom is 0.0110 e. The first-order chi connectivity index (χ1) is 11.0. The normalized spacial score (nSPS) is 17.7. The molecule has 2 N–H and O–H groups in total. The average Bonchev–Trinajstić information content (AvgIpc) is 2.50. The molecule has 1 saturated heterocycles. The Kier molecular flexibility index (Phi) is 11.1. The highest BCUT2D eigenvalue weighted by Gasteiger charge is 2.16. The first-order valence-electron chi connectivity index (χ1n) is 9.57. The maximum absolute atomic E-state index is 3.62. The summed E-state index contributed by atoms with van der Waals surface area (Å²) >= 11 is 0. The van der Waals surface area contributed by atoms with Gasteiger partial charge in [-0.2, -0.15) is 0 Å². The highest BCUT2D eigenvalue weighted by molar-refractivity contribution is 4.73. The first-order valence-corrected chi connectivity index (χ1v) is 9.57. The van der Waals surface area contributed by atoms with Gasteiger partial charge in [0.1, 0.15) is 0 Å². The van der Waals surface area contributed by atoms with Gasteiger partial charge in [-0.15, -0.1) is 0 Å². The Morgan fingerprint density at radius 1 is 0.870 bits per heavy atom. The van der Waals surface area contributed by atoms with Crippen molar-refractivity contribution in [1.82, 2.24) is 25.3 Å². The smallest absolute Gasteiger partial charge is 0.0110 e. The topological polar surface area (TPSA) is 33.8 Å². The van der Waals surface area contributed by atoms with Crippen LogP contribution in [0.25, 0.3) is 0 Å². The van der Waals surface area contributed by atoms with Crippen molar-refractivity contribution in [3.63, 3.8) is 0 Å². The van der Waals surface area contributed by atoms with E-state index in [0.717, 1.165) is 38.6 Å². The fraction of sp³-hybridized carbons (Fsp3) is 1.00. The van der Waals surface area contributed by atoms with Crippen LogP contribution in [-0.4, -0.2) is 99.8 Å². The van der Waals surface area contributed by atoms with Gasteiger partial charge in [-0.05, 0) is 26.8 Å². The molecule has 1 rings (SSSR count). The number of rotatable bonds is 12.